The molecule has 0 saturated heterocycles. The molecule has 0 spiro atoms. The first-order valence-electron chi connectivity index (χ1n) is 11.4. The van der Waals surface area contributed by atoms with Crippen molar-refractivity contribution in [1.29, 1.82) is 0 Å². The van der Waals surface area contributed by atoms with Gasteiger partial charge in [-0.05, 0) is 13.0 Å². The standard InChI is InChI=1S/C15H24N4.C8H5F3N4.Pt/c1-14(2)18-10-8-16(12-18)6-5-7-17-9-11-19(13-17)15(3)4;1-4-2-5(13-12-4)6-3-7(15-14-6)8(9,10)11;/h8-11,14-15H,5-7H2,1-4H3;2-3H,1H3;/q;-2;. The first-order chi connectivity index (χ1) is 16.5. The van der Waals surface area contributed by atoms with E-state index in [1.54, 1.807) is 13.0 Å². The van der Waals surface area contributed by atoms with Crippen LogP contribution >= 0.6 is 0 Å². The molecule has 0 saturated carbocycles. The van der Waals surface area contributed by atoms with E-state index in [-0.39, 0.29) is 23.3 Å². The second kappa shape index (κ2) is 10.1. The second-order valence-corrected chi connectivity index (χ2v) is 11.5. The smallest absolute Gasteiger partial charge is 0.431 e. The van der Waals surface area contributed by atoms with Crippen LogP contribution in [0.2, 0.25) is 0 Å². The maximum Gasteiger partial charge on any atom is 0.431 e. The van der Waals surface area contributed by atoms with E-state index in [4.69, 9.17) is 0 Å². The monoisotopic (exact) mass is 669 g/mol. The van der Waals surface area contributed by atoms with Crippen molar-refractivity contribution in [3.63, 3.8) is 0 Å². The Morgan fingerprint density at radius 1 is 0.829 bits per heavy atom. The number of fused-ring (bicyclic) bond motifs is 2. The average Bonchev–Trinajstić information content (AvgIpc) is 3.53. The Morgan fingerprint density at radius 2 is 1.34 bits per heavy atom. The maximum absolute atomic E-state index is 12.2. The minimum Gasteiger partial charge on any atom is -0.576 e. The summed E-state index contributed by atoms with van der Waals surface area (Å²) in [6.45, 7) is 13.1. The van der Waals surface area contributed by atoms with Crippen molar-refractivity contribution in [1.82, 2.24) is 40.0 Å². The number of hydrogen-bond donors (Lipinski definition) is 0. The van der Waals surface area contributed by atoms with E-state index in [1.807, 2.05) is 0 Å². The van der Waals surface area contributed by atoms with Gasteiger partial charge in [0.2, 0.25) is 0 Å². The van der Waals surface area contributed by atoms with Crippen LogP contribution in [0, 0.1) is 6.92 Å². The predicted octanol–water partition coefficient (Wildman–Crippen LogP) is 3.03. The van der Waals surface area contributed by atoms with Gasteiger partial charge in [0.25, 0.3) is 0 Å². The molecule has 5 heterocycles. The van der Waals surface area contributed by atoms with Crippen LogP contribution in [0.5, 0.6) is 0 Å². The molecule has 3 aliphatic heterocycles. The van der Waals surface area contributed by atoms with Gasteiger partial charge in [0.05, 0.1) is 0 Å². The van der Waals surface area contributed by atoms with Gasteiger partial charge < -0.3 is 20.4 Å². The summed E-state index contributed by atoms with van der Waals surface area (Å²) >= 11 is -0.165. The van der Waals surface area contributed by atoms with Crippen molar-refractivity contribution in [3.8, 4) is 11.4 Å². The van der Waals surface area contributed by atoms with Crippen LogP contribution < -0.4 is 10.2 Å². The predicted molar refractivity (Wildman–Crippen MR) is 124 cm³/mol. The first kappa shape index (κ1) is 25.4. The fourth-order valence-electron chi connectivity index (χ4n) is 3.61. The maximum atomic E-state index is 12.2. The molecule has 12 heteroatoms. The third kappa shape index (κ3) is 5.60. The zero-order valence-corrected chi connectivity index (χ0v) is 22.5. The molecule has 35 heavy (non-hydrogen) atoms. The van der Waals surface area contributed by atoms with Crippen LogP contribution in [-0.4, -0.2) is 63.3 Å². The third-order valence-corrected chi connectivity index (χ3v) is 8.95. The summed E-state index contributed by atoms with van der Waals surface area (Å²) in [5.41, 5.74) is -0.00173. The number of alkyl halides is 3. The Hall–Kier alpha value is -2.68. The molecule has 0 aliphatic carbocycles. The summed E-state index contributed by atoms with van der Waals surface area (Å²) in [4.78, 5) is 9.88. The summed E-state index contributed by atoms with van der Waals surface area (Å²) in [6, 6.07) is 3.48. The molecule has 0 radical (unpaired) electrons. The molecule has 0 aromatic carbocycles. The van der Waals surface area contributed by atoms with Crippen LogP contribution in [0.3, 0.4) is 0 Å². The minimum absolute atomic E-state index is 0.0860. The Balaban J connectivity index is 0.000000172. The first-order valence-corrected chi connectivity index (χ1v) is 13.7. The van der Waals surface area contributed by atoms with Gasteiger partial charge in [-0.1, -0.05) is 6.07 Å². The fourth-order valence-corrected chi connectivity index (χ4v) is 7.66. The van der Waals surface area contributed by atoms with E-state index < -0.39 is 11.9 Å². The van der Waals surface area contributed by atoms with Gasteiger partial charge in [-0.3, -0.25) is 0 Å². The molecule has 3 aliphatic rings. The topological polar surface area (TPSA) is 66.9 Å². The largest absolute Gasteiger partial charge is 0.576 e. The zero-order valence-electron chi connectivity index (χ0n) is 20.3. The SMILES string of the molecule is CC(C)N1C=CN2CCCN3C=CN(C(C)C)[C]3=[Pt]=[C]21.Cc1cc(-c2cc(C(F)(F)F)n[n-]2)[n-]n1. The molecule has 0 fully saturated rings. The second-order valence-electron chi connectivity index (χ2n) is 8.88. The van der Waals surface area contributed by atoms with Gasteiger partial charge >= 0.3 is 136 Å². The molecule has 5 rings (SSSR count). The zero-order chi connectivity index (χ0) is 25.3. The number of nitrogens with zero attached hydrogens (tertiary/aromatic N) is 8. The van der Waals surface area contributed by atoms with E-state index in [2.05, 4.69) is 92.5 Å². The molecule has 0 unspecified atom stereocenters. The number of aromatic nitrogens is 4. The molecule has 0 atom stereocenters. The van der Waals surface area contributed by atoms with Crippen LogP contribution in [-0.2, 0) is 23.8 Å². The molecule has 8 nitrogen and oxygen atoms in total. The van der Waals surface area contributed by atoms with Crippen molar-refractivity contribution in [3.05, 3.63) is 48.3 Å². The van der Waals surface area contributed by atoms with E-state index in [1.165, 1.54) is 14.7 Å². The summed E-state index contributed by atoms with van der Waals surface area (Å²) < 4.78 is 39.6. The quantitative estimate of drug-likeness (QED) is 0.495. The van der Waals surface area contributed by atoms with E-state index in [9.17, 15) is 13.2 Å². The van der Waals surface area contributed by atoms with Gasteiger partial charge in [-0.15, -0.1) is 11.4 Å². The molecule has 0 amide bonds. The van der Waals surface area contributed by atoms with Crippen molar-refractivity contribution in [2.24, 2.45) is 0 Å². The van der Waals surface area contributed by atoms with Gasteiger partial charge in [0, 0.05) is 5.69 Å². The number of hydrogen-bond acceptors (Lipinski definition) is 6. The van der Waals surface area contributed by atoms with Crippen LogP contribution in [0.4, 0.5) is 13.2 Å². The molecule has 194 valence electrons. The normalized spacial score (nSPS) is 18.0. The molecule has 2 aromatic rings. The molecular weight excluding hydrogens is 640 g/mol. The molecule has 0 N–H and O–H groups in total. The van der Waals surface area contributed by atoms with Crippen molar-refractivity contribution in [2.45, 2.75) is 59.3 Å². The Bertz CT molecular complexity index is 1130. The Kier molecular flexibility index (Phi) is 7.35. The van der Waals surface area contributed by atoms with Crippen molar-refractivity contribution < 1.29 is 30.8 Å². The minimum atomic E-state index is -4.47. The molecule has 0 bridgehead atoms. The van der Waals surface area contributed by atoms with Crippen LogP contribution in [0.25, 0.3) is 11.4 Å². The summed E-state index contributed by atoms with van der Waals surface area (Å²) in [5.74, 6) is 0. The van der Waals surface area contributed by atoms with E-state index in [0.717, 1.165) is 19.2 Å². The Labute approximate surface area is 211 Å². The molecule has 2 aromatic heterocycles. The fraction of sp³-hybridized carbons (Fsp3) is 0.478. The van der Waals surface area contributed by atoms with Crippen molar-refractivity contribution >= 4 is 8.29 Å². The Morgan fingerprint density at radius 3 is 1.77 bits per heavy atom. The van der Waals surface area contributed by atoms with Gasteiger partial charge in [-0.25, -0.2) is 0 Å². The third-order valence-electron chi connectivity index (χ3n) is 5.45. The average molecular weight is 670 g/mol. The van der Waals surface area contributed by atoms with Crippen LogP contribution in [0.15, 0.2) is 36.9 Å². The van der Waals surface area contributed by atoms with Gasteiger partial charge in [0.1, 0.15) is 5.69 Å². The van der Waals surface area contributed by atoms with Gasteiger partial charge in [-0.2, -0.15) is 13.2 Å². The number of rotatable bonds is 3. The van der Waals surface area contributed by atoms with E-state index in [0.29, 0.717) is 23.5 Å². The van der Waals surface area contributed by atoms with Gasteiger partial charge in [0.15, 0.2) is 0 Å². The summed E-state index contributed by atoms with van der Waals surface area (Å²) in [5, 5.41) is 13.8. The number of halogens is 3. The number of aryl methyl sites for hydroxylation is 1. The van der Waals surface area contributed by atoms with E-state index >= 15 is 0 Å². The molecular formula is C23H29F3N8Pt-2. The summed E-state index contributed by atoms with van der Waals surface area (Å²) in [6.07, 6.45) is 5.81. The van der Waals surface area contributed by atoms with Crippen molar-refractivity contribution in [2.75, 3.05) is 13.1 Å². The van der Waals surface area contributed by atoms with Crippen LogP contribution in [0.1, 0.15) is 45.5 Å². The summed E-state index contributed by atoms with van der Waals surface area (Å²) in [7, 11) is 0.